The number of halogens is 2. The number of carboxylic acids is 1. The van der Waals surface area contributed by atoms with Gasteiger partial charge in [0.1, 0.15) is 6.04 Å². The van der Waals surface area contributed by atoms with E-state index in [0.29, 0.717) is 6.54 Å². The van der Waals surface area contributed by atoms with Crippen LogP contribution in [0.3, 0.4) is 0 Å². The molecule has 5 heteroatoms. The summed E-state index contributed by atoms with van der Waals surface area (Å²) in [5.74, 6) is -0.799. The van der Waals surface area contributed by atoms with Crippen LogP contribution in [0.15, 0.2) is 0 Å². The summed E-state index contributed by atoms with van der Waals surface area (Å²) in [4.78, 5) is 10.0. The van der Waals surface area contributed by atoms with Gasteiger partial charge < -0.3 is 10.4 Å². The van der Waals surface area contributed by atoms with Gasteiger partial charge in [0.15, 0.2) is 0 Å². The molecule has 10 heavy (non-hydrogen) atoms. The van der Waals surface area contributed by atoms with Gasteiger partial charge in [0.05, 0.1) is 0 Å². The average Bonchev–Trinajstić information content (AvgIpc) is 1.67. The molecule has 0 aromatic carbocycles. The first-order valence-electron chi connectivity index (χ1n) is 2.64. The summed E-state index contributed by atoms with van der Waals surface area (Å²) >= 11 is 0. The van der Waals surface area contributed by atoms with E-state index < -0.39 is 12.0 Å². The van der Waals surface area contributed by atoms with Gasteiger partial charge in [0, 0.05) is 0 Å². The van der Waals surface area contributed by atoms with Crippen LogP contribution >= 0.6 is 24.8 Å². The predicted octanol–water partition coefficient (Wildman–Crippen LogP) is 0.913. The summed E-state index contributed by atoms with van der Waals surface area (Å²) < 4.78 is 0. The number of aliphatic carboxylic acids is 1. The zero-order valence-corrected chi connectivity index (χ0v) is 7.59. The highest BCUT2D eigenvalue weighted by Crippen LogP contribution is 1.77. The normalized spacial score (nSPS) is 10.6. The third-order valence-corrected chi connectivity index (χ3v) is 0.881. The van der Waals surface area contributed by atoms with E-state index in [2.05, 4.69) is 5.32 Å². The second kappa shape index (κ2) is 9.01. The molecular weight excluding hydrogens is 177 g/mol. The van der Waals surface area contributed by atoms with Crippen LogP contribution in [0.2, 0.25) is 0 Å². The van der Waals surface area contributed by atoms with Crippen LogP contribution in [0.4, 0.5) is 0 Å². The van der Waals surface area contributed by atoms with Crippen molar-refractivity contribution < 1.29 is 9.90 Å². The van der Waals surface area contributed by atoms with Crippen molar-refractivity contribution in [2.75, 3.05) is 6.54 Å². The van der Waals surface area contributed by atoms with E-state index in [9.17, 15) is 4.79 Å². The van der Waals surface area contributed by atoms with Crippen molar-refractivity contribution in [1.29, 1.82) is 0 Å². The van der Waals surface area contributed by atoms with Crippen LogP contribution in [0.5, 0.6) is 0 Å². The number of hydrogen-bond acceptors (Lipinski definition) is 2. The molecule has 0 aromatic heterocycles. The smallest absolute Gasteiger partial charge is 0.320 e. The molecule has 2 N–H and O–H groups in total. The zero-order chi connectivity index (χ0) is 6.57. The van der Waals surface area contributed by atoms with E-state index in [0.717, 1.165) is 0 Å². The van der Waals surface area contributed by atoms with E-state index in [1.165, 1.54) is 0 Å². The van der Waals surface area contributed by atoms with Crippen LogP contribution < -0.4 is 5.32 Å². The van der Waals surface area contributed by atoms with Crippen LogP contribution in [-0.2, 0) is 4.79 Å². The Bertz CT molecular complexity index is 89.7. The first-order valence-corrected chi connectivity index (χ1v) is 2.64. The molecular formula is C5H13Cl2NO2. The Labute approximate surface area is 73.0 Å². The van der Waals surface area contributed by atoms with Crippen LogP contribution in [0.1, 0.15) is 13.8 Å². The molecule has 0 saturated heterocycles. The Morgan fingerprint density at radius 2 is 2.00 bits per heavy atom. The molecule has 0 aliphatic heterocycles. The summed E-state index contributed by atoms with van der Waals surface area (Å²) in [6, 6.07) is -0.417. The second-order valence-electron chi connectivity index (χ2n) is 1.62. The Morgan fingerprint density at radius 1 is 1.60 bits per heavy atom. The lowest BCUT2D eigenvalue weighted by molar-refractivity contribution is -0.138. The Kier molecular flexibility index (Phi) is 14.9. The first-order chi connectivity index (χ1) is 3.68. The number of hydrogen-bond donors (Lipinski definition) is 2. The molecule has 64 valence electrons. The SMILES string of the molecule is CCNC(C)C(=O)O.Cl.Cl. The molecule has 3 nitrogen and oxygen atoms in total. The van der Waals surface area contributed by atoms with Gasteiger partial charge in [-0.15, -0.1) is 24.8 Å². The highest BCUT2D eigenvalue weighted by atomic mass is 35.5. The predicted molar refractivity (Wildman–Crippen MR) is 45.3 cm³/mol. The molecule has 1 atom stereocenters. The monoisotopic (exact) mass is 189 g/mol. The van der Waals surface area contributed by atoms with Gasteiger partial charge in [0.2, 0.25) is 0 Å². The quantitative estimate of drug-likeness (QED) is 0.695. The highest BCUT2D eigenvalue weighted by molar-refractivity contribution is 5.85. The molecule has 0 amide bonds. The van der Waals surface area contributed by atoms with Crippen molar-refractivity contribution in [2.24, 2.45) is 0 Å². The van der Waals surface area contributed by atoms with Gasteiger partial charge in [0.25, 0.3) is 0 Å². The lowest BCUT2D eigenvalue weighted by Gasteiger charge is -2.03. The molecule has 0 rings (SSSR count). The lowest BCUT2D eigenvalue weighted by Crippen LogP contribution is -2.33. The van der Waals surface area contributed by atoms with Gasteiger partial charge >= 0.3 is 5.97 Å². The molecule has 1 unspecified atom stereocenters. The summed E-state index contributed by atoms with van der Waals surface area (Å²) in [6.45, 7) is 4.19. The highest BCUT2D eigenvalue weighted by Gasteiger charge is 2.06. The number of carboxylic acid groups (broad SMARTS) is 1. The standard InChI is InChI=1S/C5H11NO2.2ClH/c1-3-6-4(2)5(7)8;;/h4,6H,3H2,1-2H3,(H,7,8);2*1H. The molecule has 0 spiro atoms. The van der Waals surface area contributed by atoms with E-state index in [4.69, 9.17) is 5.11 Å². The fourth-order valence-electron chi connectivity index (χ4n) is 0.393. The average molecular weight is 190 g/mol. The van der Waals surface area contributed by atoms with Crippen LogP contribution in [0, 0.1) is 0 Å². The first kappa shape index (κ1) is 16.5. The maximum atomic E-state index is 10.0. The molecule has 0 aromatic rings. The number of likely N-dealkylation sites (N-methyl/N-ethyl adjacent to an activating group) is 1. The minimum absolute atomic E-state index is 0. The van der Waals surface area contributed by atoms with E-state index in [1.807, 2.05) is 6.92 Å². The third-order valence-electron chi connectivity index (χ3n) is 0.881. The second-order valence-corrected chi connectivity index (χ2v) is 1.62. The lowest BCUT2D eigenvalue weighted by atomic mass is 10.3. The Hall–Kier alpha value is 0.01000. The van der Waals surface area contributed by atoms with Crippen molar-refractivity contribution in [3.63, 3.8) is 0 Å². The number of carbonyl (C=O) groups is 1. The molecule has 0 heterocycles. The minimum atomic E-state index is -0.799. The largest absolute Gasteiger partial charge is 0.480 e. The molecule has 0 fully saturated rings. The topological polar surface area (TPSA) is 49.3 Å². The molecule has 0 aliphatic rings. The Balaban J connectivity index is -0.000000245. The van der Waals surface area contributed by atoms with Gasteiger partial charge in [-0.1, -0.05) is 6.92 Å². The molecule has 0 radical (unpaired) electrons. The fraction of sp³-hybridized carbons (Fsp3) is 0.800. The maximum Gasteiger partial charge on any atom is 0.320 e. The Morgan fingerprint density at radius 3 is 2.10 bits per heavy atom. The molecule has 0 aliphatic carbocycles. The van der Waals surface area contributed by atoms with Gasteiger partial charge in [-0.3, -0.25) is 4.79 Å². The van der Waals surface area contributed by atoms with E-state index >= 15 is 0 Å². The van der Waals surface area contributed by atoms with Crippen molar-refractivity contribution >= 4 is 30.8 Å². The van der Waals surface area contributed by atoms with Gasteiger partial charge in [-0.25, -0.2) is 0 Å². The van der Waals surface area contributed by atoms with Crippen molar-refractivity contribution in [3.8, 4) is 0 Å². The zero-order valence-electron chi connectivity index (χ0n) is 5.96. The minimum Gasteiger partial charge on any atom is -0.480 e. The molecule has 0 saturated carbocycles. The molecule has 0 bridgehead atoms. The van der Waals surface area contributed by atoms with Crippen molar-refractivity contribution in [3.05, 3.63) is 0 Å². The van der Waals surface area contributed by atoms with Gasteiger partial charge in [-0.05, 0) is 13.5 Å². The van der Waals surface area contributed by atoms with Gasteiger partial charge in [-0.2, -0.15) is 0 Å². The summed E-state index contributed by atoms with van der Waals surface area (Å²) in [6.07, 6.45) is 0. The van der Waals surface area contributed by atoms with E-state index in [1.54, 1.807) is 6.92 Å². The van der Waals surface area contributed by atoms with Crippen LogP contribution in [-0.4, -0.2) is 23.7 Å². The fourth-order valence-corrected chi connectivity index (χ4v) is 0.393. The van der Waals surface area contributed by atoms with Crippen molar-refractivity contribution in [2.45, 2.75) is 19.9 Å². The van der Waals surface area contributed by atoms with Crippen LogP contribution in [0.25, 0.3) is 0 Å². The summed E-state index contributed by atoms with van der Waals surface area (Å²) in [5, 5.41) is 11.0. The maximum absolute atomic E-state index is 10.0. The van der Waals surface area contributed by atoms with E-state index in [-0.39, 0.29) is 24.8 Å². The van der Waals surface area contributed by atoms with Crippen molar-refractivity contribution in [1.82, 2.24) is 5.32 Å². The third kappa shape index (κ3) is 8.01. The number of rotatable bonds is 3. The summed E-state index contributed by atoms with van der Waals surface area (Å²) in [7, 11) is 0. The number of nitrogens with one attached hydrogen (secondary N) is 1. The summed E-state index contributed by atoms with van der Waals surface area (Å²) in [5.41, 5.74) is 0.